The molecule has 18 heavy (non-hydrogen) atoms. The summed E-state index contributed by atoms with van der Waals surface area (Å²) in [7, 11) is 0. The van der Waals surface area contributed by atoms with Gasteiger partial charge in [-0.25, -0.2) is 4.79 Å². The molecule has 2 nitrogen and oxygen atoms in total. The number of rotatable bonds is 4. The zero-order valence-electron chi connectivity index (χ0n) is 10.8. The van der Waals surface area contributed by atoms with Gasteiger partial charge in [-0.1, -0.05) is 60.7 Å². The van der Waals surface area contributed by atoms with E-state index in [9.17, 15) is 4.79 Å². The molecule has 0 bridgehead atoms. The second-order valence-electron chi connectivity index (χ2n) is 3.67. The predicted molar refractivity (Wildman–Crippen MR) is 74.4 cm³/mol. The molecule has 2 aromatic carbocycles. The summed E-state index contributed by atoms with van der Waals surface area (Å²) in [5, 5.41) is -0.423. The first-order valence-electron chi connectivity index (χ1n) is 6.18. The average Bonchev–Trinajstić information content (AvgIpc) is 2.47. The third-order valence-corrected chi connectivity index (χ3v) is 2.99. The second-order valence-corrected chi connectivity index (χ2v) is 4.48. The third-order valence-electron chi connectivity index (χ3n) is 2.29. The lowest BCUT2D eigenvalue weighted by Gasteiger charge is -2.04. The maximum Gasteiger partial charge on any atom is 0.367 e. The van der Waals surface area contributed by atoms with E-state index in [-0.39, 0.29) is 6.61 Å². The molecule has 0 saturated heterocycles. The van der Waals surface area contributed by atoms with E-state index in [1.54, 1.807) is 0 Å². The van der Waals surface area contributed by atoms with Gasteiger partial charge >= 0.3 is 5.30 Å². The molecule has 0 aliphatic heterocycles. The molecule has 0 aromatic heterocycles. The molecular formula is C15H14O2S. The lowest BCUT2D eigenvalue weighted by atomic mass is 10.2. The van der Waals surface area contributed by atoms with E-state index in [1.807, 2.05) is 60.7 Å². The first kappa shape index (κ1) is 11.4. The lowest BCUT2D eigenvalue weighted by Crippen LogP contribution is -1.98. The molecule has 3 heteroatoms. The molecule has 92 valence electrons. The largest absolute Gasteiger partial charge is 0.453 e. The molecule has 0 amide bonds. The summed E-state index contributed by atoms with van der Waals surface area (Å²) in [5.74, 6) is 0. The van der Waals surface area contributed by atoms with E-state index >= 15 is 0 Å². The van der Waals surface area contributed by atoms with Crippen LogP contribution in [-0.2, 0) is 17.1 Å². The highest BCUT2D eigenvalue weighted by molar-refractivity contribution is 8.12. The van der Waals surface area contributed by atoms with Crippen molar-refractivity contribution in [3.8, 4) is 0 Å². The number of ether oxygens (including phenoxy) is 1. The van der Waals surface area contributed by atoms with Crippen LogP contribution in [0, 0.1) is 0 Å². The Morgan fingerprint density at radius 2 is 1.56 bits per heavy atom. The smallest absolute Gasteiger partial charge is 0.367 e. The normalized spacial score (nSPS) is 12.6. The Bertz CT molecular complexity index is 516. The molecule has 0 fully saturated rings. The van der Waals surface area contributed by atoms with Crippen LogP contribution in [0.4, 0.5) is 4.79 Å². The average molecular weight is 259 g/mol. The quantitative estimate of drug-likeness (QED) is 0.767. The fourth-order valence-electron chi connectivity index (χ4n) is 1.40. The van der Waals surface area contributed by atoms with Crippen molar-refractivity contribution in [2.75, 3.05) is 0 Å². The van der Waals surface area contributed by atoms with E-state index in [0.29, 0.717) is 0 Å². The number of hydrogen-bond donors (Lipinski definition) is 0. The van der Waals surface area contributed by atoms with E-state index in [4.69, 9.17) is 6.11 Å². The van der Waals surface area contributed by atoms with Crippen molar-refractivity contribution in [3.63, 3.8) is 0 Å². The minimum absolute atomic E-state index is 0.244. The van der Waals surface area contributed by atoms with E-state index in [1.165, 1.54) is 0 Å². The Morgan fingerprint density at radius 3 is 2.17 bits per heavy atom. The van der Waals surface area contributed by atoms with Gasteiger partial charge in [-0.3, -0.25) is 0 Å². The van der Waals surface area contributed by atoms with Gasteiger partial charge in [0.2, 0.25) is 0 Å². The van der Waals surface area contributed by atoms with Crippen LogP contribution in [0.5, 0.6) is 0 Å². The lowest BCUT2D eigenvalue weighted by molar-refractivity contribution is 0.168. The van der Waals surface area contributed by atoms with Crippen LogP contribution in [0.15, 0.2) is 60.7 Å². The summed E-state index contributed by atoms with van der Waals surface area (Å²) in [6.45, 7) is 0.244. The van der Waals surface area contributed by atoms with Crippen LogP contribution >= 0.6 is 11.8 Å². The van der Waals surface area contributed by atoms with E-state index in [0.717, 1.165) is 22.9 Å². The zero-order valence-corrected chi connectivity index (χ0v) is 10.6. The molecule has 0 N–H and O–H groups in total. The van der Waals surface area contributed by atoms with Crippen LogP contribution < -0.4 is 0 Å². The van der Waals surface area contributed by atoms with Crippen molar-refractivity contribution < 1.29 is 10.9 Å². The van der Waals surface area contributed by atoms with Crippen LogP contribution in [0.1, 0.15) is 12.5 Å². The number of hydrogen-bond acceptors (Lipinski definition) is 3. The molecule has 0 radical (unpaired) electrons. The van der Waals surface area contributed by atoms with Gasteiger partial charge in [-0.05, 0) is 22.9 Å². The minimum Gasteiger partial charge on any atom is -0.453 e. The molecule has 0 spiro atoms. The molecule has 0 saturated carbocycles. The van der Waals surface area contributed by atoms with Crippen LogP contribution in [0.25, 0.3) is 0 Å². The van der Waals surface area contributed by atoms with Gasteiger partial charge in [-0.2, -0.15) is 0 Å². The summed E-state index contributed by atoms with van der Waals surface area (Å²) >= 11 is 0.877. The monoisotopic (exact) mass is 259 g/mol. The molecule has 1 atom stereocenters. The molecule has 2 aromatic rings. The molecule has 0 heterocycles. The van der Waals surface area contributed by atoms with Gasteiger partial charge in [0.15, 0.2) is 0 Å². The van der Waals surface area contributed by atoms with Gasteiger partial charge in [0.25, 0.3) is 0 Å². The van der Waals surface area contributed by atoms with Crippen molar-refractivity contribution in [3.05, 3.63) is 71.8 Å². The first-order valence-corrected chi connectivity index (χ1v) is 6.48. The Kier molecular flexibility index (Phi) is 4.33. The molecule has 0 aliphatic carbocycles. The Hall–Kier alpha value is -1.74. The number of thioether (sulfide) groups is 1. The van der Waals surface area contributed by atoms with Crippen LogP contribution in [0.3, 0.4) is 0 Å². The third kappa shape index (κ3) is 4.26. The Balaban J connectivity index is 1.82. The summed E-state index contributed by atoms with van der Waals surface area (Å²) in [6.07, 6.45) is 0. The summed E-state index contributed by atoms with van der Waals surface area (Å²) in [5.41, 5.74) is 1.09. The second kappa shape index (κ2) is 6.87. The zero-order chi connectivity index (χ0) is 13.5. The number of benzene rings is 2. The summed E-state index contributed by atoms with van der Waals surface area (Å²) in [4.78, 5) is 11.6. The van der Waals surface area contributed by atoms with Crippen molar-refractivity contribution in [1.29, 1.82) is 0 Å². The van der Waals surface area contributed by atoms with Crippen LogP contribution in [0.2, 0.25) is 0 Å². The van der Waals surface area contributed by atoms with Gasteiger partial charge in [0.1, 0.15) is 6.61 Å². The van der Waals surface area contributed by atoms with Gasteiger partial charge in [-0.15, -0.1) is 0 Å². The SMILES string of the molecule is [2H]C(SC(=O)OCc1ccccc1)c1ccccc1. The van der Waals surface area contributed by atoms with Gasteiger partial charge in [0, 0.05) is 7.10 Å². The Morgan fingerprint density at radius 1 is 1.00 bits per heavy atom. The fourth-order valence-corrected chi connectivity index (χ4v) is 1.91. The maximum atomic E-state index is 11.6. The van der Waals surface area contributed by atoms with Crippen molar-refractivity contribution >= 4 is 17.1 Å². The standard InChI is InChI=1S/C15H14O2S/c16-15(17-11-13-7-3-1-4-8-13)18-12-14-9-5-2-6-10-14/h1-10H,11-12H2/i12D. The number of carbonyl (C=O) groups is 1. The van der Waals surface area contributed by atoms with E-state index < -0.39 is 11.0 Å². The minimum atomic E-state index is -0.649. The predicted octanol–water partition coefficient (Wildman–Crippen LogP) is 4.26. The van der Waals surface area contributed by atoms with Crippen molar-refractivity contribution in [2.45, 2.75) is 12.3 Å². The molecule has 2 rings (SSSR count). The van der Waals surface area contributed by atoms with Crippen LogP contribution in [-0.4, -0.2) is 5.30 Å². The Labute approximate surface area is 112 Å². The van der Waals surface area contributed by atoms with Crippen molar-refractivity contribution in [2.24, 2.45) is 0 Å². The van der Waals surface area contributed by atoms with Gasteiger partial charge < -0.3 is 4.74 Å². The molecular weight excluding hydrogens is 244 g/mol. The highest BCUT2D eigenvalue weighted by Crippen LogP contribution is 2.15. The van der Waals surface area contributed by atoms with Gasteiger partial charge in [0.05, 0.1) is 0 Å². The fraction of sp³-hybridized carbons (Fsp3) is 0.133. The number of carbonyl (C=O) groups excluding carboxylic acids is 1. The molecule has 1 unspecified atom stereocenters. The summed E-state index contributed by atoms with van der Waals surface area (Å²) in [6, 6.07) is 18.7. The highest BCUT2D eigenvalue weighted by atomic mass is 32.2. The van der Waals surface area contributed by atoms with Crippen molar-refractivity contribution in [1.82, 2.24) is 0 Å². The maximum absolute atomic E-state index is 11.6. The highest BCUT2D eigenvalue weighted by Gasteiger charge is 2.04. The topological polar surface area (TPSA) is 26.3 Å². The first-order chi connectivity index (χ1) is 9.25. The van der Waals surface area contributed by atoms with E-state index in [2.05, 4.69) is 0 Å². The molecule has 0 aliphatic rings. The summed E-state index contributed by atoms with van der Waals surface area (Å²) < 4.78 is 13.0.